The first kappa shape index (κ1) is 34.3. The number of rotatable bonds is 9. The molecule has 4 aliphatic rings. The maximum absolute atomic E-state index is 13.3. The van der Waals surface area contributed by atoms with Crippen LogP contribution in [-0.2, 0) is 15.0 Å². The molecular formula is C42H42N6O5. The molecule has 11 nitrogen and oxygen atoms in total. The monoisotopic (exact) mass is 710 g/mol. The van der Waals surface area contributed by atoms with E-state index in [0.717, 1.165) is 106 Å². The molecule has 2 saturated carbocycles. The van der Waals surface area contributed by atoms with E-state index in [-0.39, 0.29) is 30.0 Å². The molecule has 1 unspecified atom stereocenters. The summed E-state index contributed by atoms with van der Waals surface area (Å²) in [5, 5.41) is 23.9. The van der Waals surface area contributed by atoms with Crippen LogP contribution < -0.4 is 16.0 Å². The molecule has 270 valence electrons. The number of hydrogen-bond donors (Lipinski definition) is 3. The molecule has 0 radical (unpaired) electrons. The van der Waals surface area contributed by atoms with E-state index in [2.05, 4.69) is 70.5 Å². The minimum atomic E-state index is -0.983. The topological polar surface area (TPSA) is 157 Å². The first-order valence-electron chi connectivity index (χ1n) is 18.5. The van der Waals surface area contributed by atoms with Crippen LogP contribution in [-0.4, -0.2) is 52.3 Å². The minimum absolute atomic E-state index is 0.0856. The highest BCUT2D eigenvalue weighted by Crippen LogP contribution is 2.51. The lowest BCUT2D eigenvalue weighted by atomic mass is 9.85. The summed E-state index contributed by atoms with van der Waals surface area (Å²) in [4.78, 5) is 51.5. The highest BCUT2D eigenvalue weighted by molar-refractivity contribution is 6.23. The van der Waals surface area contributed by atoms with Crippen LogP contribution in [0.2, 0.25) is 0 Å². The van der Waals surface area contributed by atoms with Crippen LogP contribution >= 0.6 is 0 Å². The van der Waals surface area contributed by atoms with Crippen molar-refractivity contribution in [2.75, 3.05) is 17.2 Å². The molecule has 3 aromatic carbocycles. The number of amides is 4. The Morgan fingerprint density at radius 2 is 1.64 bits per heavy atom. The zero-order valence-corrected chi connectivity index (χ0v) is 30.2. The van der Waals surface area contributed by atoms with Gasteiger partial charge >= 0.3 is 0 Å². The van der Waals surface area contributed by atoms with Gasteiger partial charge in [0.1, 0.15) is 11.8 Å². The zero-order valence-electron chi connectivity index (χ0n) is 30.2. The molecule has 53 heavy (non-hydrogen) atoms. The van der Waals surface area contributed by atoms with Crippen molar-refractivity contribution in [2.45, 2.75) is 89.6 Å². The Hall–Kier alpha value is -5.76. The van der Waals surface area contributed by atoms with Crippen LogP contribution in [0.4, 0.5) is 11.4 Å². The molecule has 0 bridgehead atoms. The number of fused-ring (bicyclic) bond motifs is 1. The van der Waals surface area contributed by atoms with Gasteiger partial charge in [-0.2, -0.15) is 5.26 Å². The SMILES string of the molecule is Cc1ccc(-c2c(C)noc2C)cc1-c1ccc(C2(C#N)CC2)c(NCC2CCC(Nc3ccc4c(c3)C(=O)N(C3CCC(=O)NC3=O)C4=O)CC2)c1. The number of nitriles is 1. The predicted octanol–water partition coefficient (Wildman–Crippen LogP) is 6.97. The van der Waals surface area contributed by atoms with E-state index in [0.29, 0.717) is 5.92 Å². The molecule has 3 N–H and O–H groups in total. The molecule has 1 saturated heterocycles. The number of aromatic nitrogens is 1. The third-order valence-electron chi connectivity index (χ3n) is 11.6. The van der Waals surface area contributed by atoms with Gasteiger partial charge in [0.15, 0.2) is 0 Å². The quantitative estimate of drug-likeness (QED) is 0.156. The van der Waals surface area contributed by atoms with Gasteiger partial charge in [-0.3, -0.25) is 29.4 Å². The van der Waals surface area contributed by atoms with Crippen molar-refractivity contribution in [1.29, 1.82) is 5.26 Å². The van der Waals surface area contributed by atoms with Crippen LogP contribution in [0, 0.1) is 38.0 Å². The maximum atomic E-state index is 13.3. The number of piperidine rings is 1. The number of nitrogens with one attached hydrogen (secondary N) is 3. The summed E-state index contributed by atoms with van der Waals surface area (Å²) in [5.41, 5.74) is 9.30. The van der Waals surface area contributed by atoms with Crippen LogP contribution in [0.15, 0.2) is 59.1 Å². The Kier molecular flexibility index (Phi) is 8.64. The van der Waals surface area contributed by atoms with Gasteiger partial charge in [-0.15, -0.1) is 0 Å². The van der Waals surface area contributed by atoms with Crippen LogP contribution in [0.25, 0.3) is 22.3 Å². The summed E-state index contributed by atoms with van der Waals surface area (Å²) in [6.07, 6.45) is 5.85. The van der Waals surface area contributed by atoms with Gasteiger partial charge in [0, 0.05) is 35.9 Å². The van der Waals surface area contributed by atoms with Gasteiger partial charge < -0.3 is 15.2 Å². The van der Waals surface area contributed by atoms with Gasteiger partial charge in [-0.25, -0.2) is 0 Å². The summed E-state index contributed by atoms with van der Waals surface area (Å²) in [6, 6.07) is 19.9. The summed E-state index contributed by atoms with van der Waals surface area (Å²) in [6.45, 7) is 6.81. The second-order valence-corrected chi connectivity index (χ2v) is 15.1. The number of benzene rings is 3. The number of anilines is 2. The zero-order chi connectivity index (χ0) is 37.0. The van der Waals surface area contributed by atoms with E-state index >= 15 is 0 Å². The molecule has 3 fully saturated rings. The van der Waals surface area contributed by atoms with Gasteiger partial charge in [0.2, 0.25) is 11.8 Å². The van der Waals surface area contributed by atoms with Crippen LogP contribution in [0.1, 0.15) is 94.7 Å². The predicted molar refractivity (Wildman–Crippen MR) is 199 cm³/mol. The molecule has 2 aliphatic heterocycles. The van der Waals surface area contributed by atoms with Crippen molar-refractivity contribution in [3.05, 3.63) is 88.3 Å². The van der Waals surface area contributed by atoms with Crippen molar-refractivity contribution in [3.8, 4) is 28.3 Å². The van der Waals surface area contributed by atoms with Crippen molar-refractivity contribution in [2.24, 2.45) is 5.92 Å². The average Bonchev–Trinajstić information content (AvgIpc) is 3.83. The number of hydrogen-bond acceptors (Lipinski definition) is 9. The Bertz CT molecular complexity index is 2200. The highest BCUT2D eigenvalue weighted by Gasteiger charge is 2.47. The fourth-order valence-electron chi connectivity index (χ4n) is 8.39. The number of nitrogens with zero attached hydrogens (tertiary/aromatic N) is 3. The van der Waals surface area contributed by atoms with Crippen molar-refractivity contribution in [3.63, 3.8) is 0 Å². The molecule has 1 aromatic heterocycles. The van der Waals surface area contributed by atoms with Gasteiger partial charge in [-0.05, 0) is 130 Å². The summed E-state index contributed by atoms with van der Waals surface area (Å²) >= 11 is 0. The van der Waals surface area contributed by atoms with Crippen molar-refractivity contribution < 1.29 is 23.7 Å². The van der Waals surface area contributed by atoms with Gasteiger partial charge in [-0.1, -0.05) is 29.4 Å². The third kappa shape index (κ3) is 6.26. The standard InChI is InChI=1S/C42H42N6O5/c1-23-4-7-28(38-24(2)47-53-25(38)3)18-32(23)27-8-13-34(42(22-43)16-17-42)35(19-27)44-21-26-5-9-29(10-6-26)45-30-11-12-31-33(20-30)41(52)48(40(31)51)36-14-15-37(49)46-39(36)50/h4,7-8,11-13,18-20,26,29,36,44-45H,5-6,9-10,14-17,21H2,1-3H3,(H,46,49,50). The van der Waals surface area contributed by atoms with Gasteiger partial charge in [0.25, 0.3) is 11.8 Å². The molecule has 4 aromatic rings. The van der Waals surface area contributed by atoms with E-state index < -0.39 is 35.1 Å². The Morgan fingerprint density at radius 3 is 2.34 bits per heavy atom. The average molecular weight is 711 g/mol. The molecule has 2 aliphatic carbocycles. The lowest BCUT2D eigenvalue weighted by molar-refractivity contribution is -0.136. The van der Waals surface area contributed by atoms with E-state index in [1.165, 1.54) is 0 Å². The largest absolute Gasteiger partial charge is 0.384 e. The number of aryl methyl sites for hydroxylation is 3. The Labute approximate surface area is 308 Å². The highest BCUT2D eigenvalue weighted by atomic mass is 16.5. The molecule has 0 spiro atoms. The molecular weight excluding hydrogens is 668 g/mol. The van der Waals surface area contributed by atoms with Crippen LogP contribution in [0.5, 0.6) is 0 Å². The van der Waals surface area contributed by atoms with Crippen LogP contribution in [0.3, 0.4) is 0 Å². The molecule has 8 rings (SSSR count). The van der Waals surface area contributed by atoms with Crippen molar-refractivity contribution in [1.82, 2.24) is 15.4 Å². The summed E-state index contributed by atoms with van der Waals surface area (Å²) in [7, 11) is 0. The molecule has 1 atom stereocenters. The lowest BCUT2D eigenvalue weighted by Crippen LogP contribution is -2.54. The second-order valence-electron chi connectivity index (χ2n) is 15.1. The number of carbonyl (C=O) groups is 4. The first-order chi connectivity index (χ1) is 25.5. The smallest absolute Gasteiger partial charge is 0.262 e. The Balaban J connectivity index is 0.932. The Morgan fingerprint density at radius 1 is 0.887 bits per heavy atom. The third-order valence-corrected chi connectivity index (χ3v) is 11.6. The second kappa shape index (κ2) is 13.3. The molecule has 3 heterocycles. The summed E-state index contributed by atoms with van der Waals surface area (Å²) < 4.78 is 5.46. The maximum Gasteiger partial charge on any atom is 0.262 e. The first-order valence-corrected chi connectivity index (χ1v) is 18.5. The van der Waals surface area contributed by atoms with Gasteiger partial charge in [0.05, 0.1) is 28.3 Å². The van der Waals surface area contributed by atoms with E-state index in [1.807, 2.05) is 19.9 Å². The van der Waals surface area contributed by atoms with E-state index in [9.17, 15) is 24.4 Å². The normalized spacial score (nSPS) is 21.9. The number of carbonyl (C=O) groups excluding carboxylic acids is 4. The lowest BCUT2D eigenvalue weighted by Gasteiger charge is -2.30. The van der Waals surface area contributed by atoms with E-state index in [4.69, 9.17) is 4.52 Å². The minimum Gasteiger partial charge on any atom is -0.384 e. The van der Waals surface area contributed by atoms with Crippen molar-refractivity contribution >= 4 is 35.0 Å². The fourth-order valence-corrected chi connectivity index (χ4v) is 8.39. The molecule has 11 heteroatoms. The summed E-state index contributed by atoms with van der Waals surface area (Å²) in [5.74, 6) is -0.776. The fraction of sp³-hybridized carbons (Fsp3) is 0.381. The van der Waals surface area contributed by atoms with E-state index in [1.54, 1.807) is 12.1 Å². The molecule has 4 amide bonds. The number of imide groups is 2.